The lowest BCUT2D eigenvalue weighted by atomic mass is 10.1. The minimum absolute atomic E-state index is 0.00787. The fraction of sp³-hybridized carbons (Fsp3) is 0.385. The molecular weight excluding hydrogens is 282 g/mol. The number of hydrogen-bond donors (Lipinski definition) is 1. The lowest BCUT2D eigenvalue weighted by molar-refractivity contribution is -0.110. The van der Waals surface area contributed by atoms with Crippen LogP contribution in [0.15, 0.2) is 24.3 Å². The summed E-state index contributed by atoms with van der Waals surface area (Å²) in [6, 6.07) is 4.71. The predicted octanol–water partition coefficient (Wildman–Crippen LogP) is 1.04. The molecule has 7 heteroatoms. The highest BCUT2D eigenvalue weighted by molar-refractivity contribution is 7.88. The van der Waals surface area contributed by atoms with Crippen LogP contribution in [-0.2, 0) is 20.6 Å². The molecule has 0 saturated heterocycles. The van der Waals surface area contributed by atoms with Gasteiger partial charge in [-0.2, -0.15) is 0 Å². The van der Waals surface area contributed by atoms with Gasteiger partial charge in [-0.3, -0.25) is 0 Å². The van der Waals surface area contributed by atoms with E-state index in [1.807, 2.05) is 0 Å². The van der Waals surface area contributed by atoms with Crippen molar-refractivity contribution in [2.75, 3.05) is 0 Å². The first-order valence-electron chi connectivity index (χ1n) is 5.97. The summed E-state index contributed by atoms with van der Waals surface area (Å²) in [7, 11) is -3.83. The molecular formula is C13H16NO5S. The van der Waals surface area contributed by atoms with E-state index in [1.165, 1.54) is 24.3 Å². The van der Waals surface area contributed by atoms with E-state index < -0.39 is 27.8 Å². The molecule has 20 heavy (non-hydrogen) atoms. The Kier molecular flexibility index (Phi) is 5.41. The van der Waals surface area contributed by atoms with Gasteiger partial charge in [0.05, 0.1) is 17.4 Å². The number of aldehydes is 1. The highest BCUT2D eigenvalue weighted by Crippen LogP contribution is 2.11. The second-order valence-corrected chi connectivity index (χ2v) is 6.37. The molecule has 0 spiro atoms. The SMILES string of the molecule is CC(C)[C@H](C=O)[N]S(=O)(=O)Cc1cccc(C(=O)O)c1. The van der Waals surface area contributed by atoms with Crippen molar-refractivity contribution < 1.29 is 23.1 Å². The fourth-order valence-corrected chi connectivity index (χ4v) is 2.87. The van der Waals surface area contributed by atoms with Crippen molar-refractivity contribution in [2.24, 2.45) is 5.92 Å². The number of carbonyl (C=O) groups is 2. The van der Waals surface area contributed by atoms with E-state index in [2.05, 4.69) is 4.72 Å². The van der Waals surface area contributed by atoms with Crippen molar-refractivity contribution in [1.29, 1.82) is 0 Å². The number of rotatable bonds is 7. The number of hydrogen-bond acceptors (Lipinski definition) is 4. The van der Waals surface area contributed by atoms with Crippen LogP contribution in [0.5, 0.6) is 0 Å². The van der Waals surface area contributed by atoms with Crippen LogP contribution in [0.4, 0.5) is 0 Å². The van der Waals surface area contributed by atoms with Crippen molar-refractivity contribution in [1.82, 2.24) is 4.72 Å². The molecule has 1 atom stereocenters. The summed E-state index contributed by atoms with van der Waals surface area (Å²) in [6.07, 6.45) is 0.496. The number of sulfonamides is 1. The third-order valence-corrected chi connectivity index (χ3v) is 3.89. The van der Waals surface area contributed by atoms with Gasteiger partial charge in [0, 0.05) is 0 Å². The molecule has 109 valence electrons. The summed E-state index contributed by atoms with van der Waals surface area (Å²) in [4.78, 5) is 21.6. The van der Waals surface area contributed by atoms with Gasteiger partial charge in [-0.15, -0.1) is 4.72 Å². The standard InChI is InChI=1S/C13H16NO5S/c1-9(2)12(7-15)14-20(18,19)8-10-4-3-5-11(6-10)13(16)17/h3-7,9,12H,8H2,1-2H3,(H,16,17)/t12-/m0/s1. The molecule has 0 heterocycles. The molecule has 0 aromatic heterocycles. The van der Waals surface area contributed by atoms with E-state index in [9.17, 15) is 18.0 Å². The van der Waals surface area contributed by atoms with Crippen LogP contribution >= 0.6 is 0 Å². The van der Waals surface area contributed by atoms with E-state index in [-0.39, 0.29) is 11.5 Å². The minimum atomic E-state index is -3.83. The third kappa shape index (κ3) is 4.75. The molecule has 0 amide bonds. The van der Waals surface area contributed by atoms with E-state index in [4.69, 9.17) is 5.11 Å². The summed E-state index contributed by atoms with van der Waals surface area (Å²) in [5, 5.41) is 8.84. The van der Waals surface area contributed by atoms with Gasteiger partial charge in [0.15, 0.2) is 0 Å². The maximum absolute atomic E-state index is 11.9. The Hall–Kier alpha value is -1.73. The number of aromatic carboxylic acids is 1. The Morgan fingerprint density at radius 2 is 2.05 bits per heavy atom. The average molecular weight is 298 g/mol. The Balaban J connectivity index is 2.88. The lowest BCUT2D eigenvalue weighted by Gasteiger charge is -2.14. The van der Waals surface area contributed by atoms with Gasteiger partial charge in [-0.1, -0.05) is 26.0 Å². The molecule has 0 aliphatic heterocycles. The third-order valence-electron chi connectivity index (χ3n) is 2.63. The minimum Gasteiger partial charge on any atom is -0.478 e. The fourth-order valence-electron chi connectivity index (χ4n) is 1.53. The molecule has 1 N–H and O–H groups in total. The summed E-state index contributed by atoms with van der Waals surface area (Å²) in [6.45, 7) is 3.40. The molecule has 1 aromatic carbocycles. The number of benzene rings is 1. The zero-order chi connectivity index (χ0) is 15.3. The Bertz CT molecular complexity index is 595. The molecule has 1 rings (SSSR count). The van der Waals surface area contributed by atoms with E-state index in [0.29, 0.717) is 11.8 Å². The van der Waals surface area contributed by atoms with Crippen molar-refractivity contribution >= 4 is 22.3 Å². The molecule has 0 aliphatic carbocycles. The van der Waals surface area contributed by atoms with Gasteiger partial charge in [-0.25, -0.2) is 13.2 Å². The van der Waals surface area contributed by atoms with Crippen LogP contribution in [0.1, 0.15) is 29.8 Å². The maximum atomic E-state index is 11.9. The van der Waals surface area contributed by atoms with E-state index >= 15 is 0 Å². The summed E-state index contributed by atoms with van der Waals surface area (Å²) in [5.74, 6) is -1.77. The average Bonchev–Trinajstić information content (AvgIpc) is 2.35. The quantitative estimate of drug-likeness (QED) is 0.758. The van der Waals surface area contributed by atoms with Crippen molar-refractivity contribution in [3.05, 3.63) is 35.4 Å². The molecule has 6 nitrogen and oxygen atoms in total. The maximum Gasteiger partial charge on any atom is 0.335 e. The summed E-state index contributed by atoms with van der Waals surface area (Å²) < 4.78 is 27.3. The van der Waals surface area contributed by atoms with Gasteiger partial charge in [0.25, 0.3) is 0 Å². The predicted molar refractivity (Wildman–Crippen MR) is 72.8 cm³/mol. The molecule has 0 aliphatic rings. The van der Waals surface area contributed by atoms with Crippen LogP contribution in [0.25, 0.3) is 0 Å². The molecule has 0 fully saturated rings. The largest absolute Gasteiger partial charge is 0.478 e. The number of nitrogens with zero attached hydrogens (tertiary/aromatic N) is 1. The second kappa shape index (κ2) is 6.62. The van der Waals surface area contributed by atoms with Crippen molar-refractivity contribution in [2.45, 2.75) is 25.6 Å². The molecule has 0 bridgehead atoms. The monoisotopic (exact) mass is 298 g/mol. The van der Waals surface area contributed by atoms with Crippen LogP contribution in [0.2, 0.25) is 0 Å². The smallest absolute Gasteiger partial charge is 0.335 e. The van der Waals surface area contributed by atoms with Gasteiger partial charge in [-0.05, 0) is 23.6 Å². The first-order valence-corrected chi connectivity index (χ1v) is 7.58. The highest BCUT2D eigenvalue weighted by atomic mass is 32.2. The first-order chi connectivity index (χ1) is 9.25. The topological polar surface area (TPSA) is 103 Å². The zero-order valence-corrected chi connectivity index (χ0v) is 12.0. The molecule has 1 aromatic rings. The Morgan fingerprint density at radius 3 is 2.55 bits per heavy atom. The lowest BCUT2D eigenvalue weighted by Crippen LogP contribution is -2.34. The number of carboxylic acids is 1. The zero-order valence-electron chi connectivity index (χ0n) is 11.2. The van der Waals surface area contributed by atoms with Crippen LogP contribution < -0.4 is 4.72 Å². The van der Waals surface area contributed by atoms with Crippen molar-refractivity contribution in [3.63, 3.8) is 0 Å². The number of carbonyl (C=O) groups excluding carboxylic acids is 1. The Morgan fingerprint density at radius 1 is 1.40 bits per heavy atom. The van der Waals surface area contributed by atoms with Crippen molar-refractivity contribution in [3.8, 4) is 0 Å². The van der Waals surface area contributed by atoms with Crippen LogP contribution in [0.3, 0.4) is 0 Å². The second-order valence-electron chi connectivity index (χ2n) is 4.71. The van der Waals surface area contributed by atoms with Gasteiger partial charge >= 0.3 is 5.97 Å². The van der Waals surface area contributed by atoms with Gasteiger partial charge < -0.3 is 9.90 Å². The van der Waals surface area contributed by atoms with Gasteiger partial charge in [0.2, 0.25) is 10.0 Å². The van der Waals surface area contributed by atoms with Crippen LogP contribution in [0, 0.1) is 5.92 Å². The van der Waals surface area contributed by atoms with E-state index in [1.54, 1.807) is 13.8 Å². The normalized spacial score (nSPS) is 13.2. The van der Waals surface area contributed by atoms with Crippen LogP contribution in [-0.4, -0.2) is 31.8 Å². The number of carboxylic acid groups (broad SMARTS) is 1. The summed E-state index contributed by atoms with van der Waals surface area (Å²) >= 11 is 0. The Labute approximate surface area is 117 Å². The molecule has 1 radical (unpaired) electrons. The van der Waals surface area contributed by atoms with Gasteiger partial charge in [0.1, 0.15) is 6.29 Å². The molecule has 0 saturated carbocycles. The molecule has 0 unspecified atom stereocenters. The summed E-state index contributed by atoms with van der Waals surface area (Å²) in [5.41, 5.74) is 0.329. The highest BCUT2D eigenvalue weighted by Gasteiger charge is 2.23. The first kappa shape index (κ1) is 16.3. The van der Waals surface area contributed by atoms with E-state index in [0.717, 1.165) is 0 Å².